The average Bonchev–Trinajstić information content (AvgIpc) is 2.68. The molecule has 3 aromatic rings. The Morgan fingerprint density at radius 2 is 1.46 bits per heavy atom. The Labute approximate surface area is 172 Å². The predicted molar refractivity (Wildman–Crippen MR) is 115 cm³/mol. The van der Waals surface area contributed by atoms with Crippen LogP contribution in [0.5, 0.6) is 0 Å². The number of para-hydroxylation sites is 1. The van der Waals surface area contributed by atoms with Crippen molar-refractivity contribution in [2.24, 2.45) is 0 Å². The second-order valence-corrected chi connectivity index (χ2v) is 8.38. The maximum absolute atomic E-state index is 12.4. The van der Waals surface area contributed by atoms with Gasteiger partial charge in [-0.05, 0) is 54.1 Å². The third-order valence-corrected chi connectivity index (χ3v) is 5.90. The minimum Gasteiger partial charge on any atom is -0.323 e. The van der Waals surface area contributed by atoms with E-state index in [1.165, 1.54) is 18.2 Å². The highest BCUT2D eigenvalue weighted by atomic mass is 79.9. The Morgan fingerprint density at radius 1 is 0.821 bits per heavy atom. The molecule has 2 N–H and O–H groups in total. The Bertz CT molecular complexity index is 1100. The SMILES string of the molecule is O=C(/C=C/c1ccccc1Br)Nc1ccc(S(=O)(=O)Nc2ccccc2)cc1. The normalized spacial score (nSPS) is 11.3. The first-order chi connectivity index (χ1) is 13.4. The van der Waals surface area contributed by atoms with Gasteiger partial charge in [-0.3, -0.25) is 9.52 Å². The molecular formula is C21H17BrN2O3S. The first kappa shape index (κ1) is 19.9. The number of benzene rings is 3. The summed E-state index contributed by atoms with van der Waals surface area (Å²) in [4.78, 5) is 12.2. The summed E-state index contributed by atoms with van der Waals surface area (Å²) >= 11 is 3.42. The molecule has 0 unspecified atom stereocenters. The summed E-state index contributed by atoms with van der Waals surface area (Å²) in [5.41, 5.74) is 1.86. The fourth-order valence-corrected chi connectivity index (χ4v) is 3.87. The molecule has 0 aromatic heterocycles. The van der Waals surface area contributed by atoms with Gasteiger partial charge >= 0.3 is 0 Å². The number of rotatable bonds is 6. The molecule has 3 rings (SSSR count). The first-order valence-corrected chi connectivity index (χ1v) is 10.6. The summed E-state index contributed by atoms with van der Waals surface area (Å²) in [6.07, 6.45) is 3.11. The van der Waals surface area contributed by atoms with E-state index in [4.69, 9.17) is 0 Å². The lowest BCUT2D eigenvalue weighted by Gasteiger charge is -2.09. The van der Waals surface area contributed by atoms with E-state index < -0.39 is 10.0 Å². The number of nitrogens with one attached hydrogen (secondary N) is 2. The van der Waals surface area contributed by atoms with Crippen molar-refractivity contribution in [1.29, 1.82) is 0 Å². The topological polar surface area (TPSA) is 75.3 Å². The van der Waals surface area contributed by atoms with Gasteiger partial charge in [0.25, 0.3) is 10.0 Å². The molecule has 28 heavy (non-hydrogen) atoms. The summed E-state index contributed by atoms with van der Waals surface area (Å²) in [7, 11) is -3.69. The summed E-state index contributed by atoms with van der Waals surface area (Å²) in [5.74, 6) is -0.311. The number of hydrogen-bond donors (Lipinski definition) is 2. The Morgan fingerprint density at radius 3 is 2.14 bits per heavy atom. The lowest BCUT2D eigenvalue weighted by Crippen LogP contribution is -2.13. The van der Waals surface area contributed by atoms with Gasteiger partial charge in [-0.15, -0.1) is 0 Å². The molecule has 0 aliphatic rings. The largest absolute Gasteiger partial charge is 0.323 e. The number of halogens is 1. The minimum atomic E-state index is -3.69. The van der Waals surface area contributed by atoms with Gasteiger partial charge < -0.3 is 5.32 Å². The molecule has 1 amide bonds. The van der Waals surface area contributed by atoms with Crippen molar-refractivity contribution in [3.8, 4) is 0 Å². The van der Waals surface area contributed by atoms with E-state index in [-0.39, 0.29) is 10.8 Å². The molecule has 3 aromatic carbocycles. The number of amides is 1. The van der Waals surface area contributed by atoms with Crippen LogP contribution in [0.4, 0.5) is 11.4 Å². The molecule has 0 aliphatic carbocycles. The zero-order chi connectivity index (χ0) is 20.0. The van der Waals surface area contributed by atoms with Crippen LogP contribution >= 0.6 is 15.9 Å². The first-order valence-electron chi connectivity index (χ1n) is 8.35. The number of carbonyl (C=O) groups excluding carboxylic acids is 1. The molecule has 0 aliphatic heterocycles. The van der Waals surface area contributed by atoms with Crippen molar-refractivity contribution in [2.75, 3.05) is 10.0 Å². The lowest BCUT2D eigenvalue weighted by atomic mass is 10.2. The van der Waals surface area contributed by atoms with E-state index in [0.717, 1.165) is 10.0 Å². The molecule has 0 bridgehead atoms. The van der Waals surface area contributed by atoms with Crippen molar-refractivity contribution in [1.82, 2.24) is 0 Å². The van der Waals surface area contributed by atoms with Gasteiger partial charge in [0, 0.05) is 21.9 Å². The van der Waals surface area contributed by atoms with Gasteiger partial charge in [0.2, 0.25) is 5.91 Å². The molecule has 0 saturated carbocycles. The number of hydrogen-bond acceptors (Lipinski definition) is 3. The van der Waals surface area contributed by atoms with Crippen LogP contribution < -0.4 is 10.0 Å². The molecule has 0 atom stereocenters. The van der Waals surface area contributed by atoms with Crippen LogP contribution in [0.2, 0.25) is 0 Å². The van der Waals surface area contributed by atoms with E-state index in [1.54, 1.807) is 48.5 Å². The van der Waals surface area contributed by atoms with E-state index in [2.05, 4.69) is 26.0 Å². The van der Waals surface area contributed by atoms with Crippen LogP contribution in [0.25, 0.3) is 6.08 Å². The maximum atomic E-state index is 12.4. The second-order valence-electron chi connectivity index (χ2n) is 5.84. The monoisotopic (exact) mass is 456 g/mol. The van der Waals surface area contributed by atoms with Crippen molar-refractivity contribution in [3.63, 3.8) is 0 Å². The van der Waals surface area contributed by atoms with Crippen molar-refractivity contribution >= 4 is 49.3 Å². The predicted octanol–water partition coefficient (Wildman–Crippen LogP) is 4.90. The van der Waals surface area contributed by atoms with Gasteiger partial charge in [0.05, 0.1) is 4.90 Å². The van der Waals surface area contributed by atoms with E-state index >= 15 is 0 Å². The van der Waals surface area contributed by atoms with E-state index in [0.29, 0.717) is 11.4 Å². The molecule has 7 heteroatoms. The summed E-state index contributed by atoms with van der Waals surface area (Å²) < 4.78 is 28.2. The number of sulfonamides is 1. The molecule has 5 nitrogen and oxygen atoms in total. The van der Waals surface area contributed by atoms with Gasteiger partial charge in [0.1, 0.15) is 0 Å². The zero-order valence-electron chi connectivity index (χ0n) is 14.7. The fraction of sp³-hybridized carbons (Fsp3) is 0. The highest BCUT2D eigenvalue weighted by molar-refractivity contribution is 9.10. The highest BCUT2D eigenvalue weighted by Gasteiger charge is 2.14. The molecule has 0 radical (unpaired) electrons. The maximum Gasteiger partial charge on any atom is 0.261 e. The Hall–Kier alpha value is -2.90. The molecule has 0 heterocycles. The Balaban J connectivity index is 1.65. The van der Waals surface area contributed by atoms with Crippen LogP contribution in [-0.2, 0) is 14.8 Å². The summed E-state index contributed by atoms with van der Waals surface area (Å²) in [6, 6.07) is 22.2. The van der Waals surface area contributed by atoms with Crippen molar-refractivity contribution in [3.05, 3.63) is 95.0 Å². The second kappa shape index (κ2) is 8.86. The molecule has 0 saturated heterocycles. The van der Waals surface area contributed by atoms with Crippen LogP contribution in [0.3, 0.4) is 0 Å². The average molecular weight is 457 g/mol. The minimum absolute atomic E-state index is 0.109. The van der Waals surface area contributed by atoms with Gasteiger partial charge in [-0.1, -0.05) is 52.3 Å². The molecule has 0 spiro atoms. The molecular weight excluding hydrogens is 440 g/mol. The van der Waals surface area contributed by atoms with Crippen molar-refractivity contribution in [2.45, 2.75) is 4.90 Å². The highest BCUT2D eigenvalue weighted by Crippen LogP contribution is 2.19. The summed E-state index contributed by atoms with van der Waals surface area (Å²) in [6.45, 7) is 0. The van der Waals surface area contributed by atoms with Gasteiger partial charge in [-0.2, -0.15) is 0 Å². The Kier molecular flexibility index (Phi) is 6.28. The molecule has 142 valence electrons. The molecule has 0 fully saturated rings. The number of carbonyl (C=O) groups is 1. The van der Waals surface area contributed by atoms with Crippen LogP contribution in [0, 0.1) is 0 Å². The smallest absolute Gasteiger partial charge is 0.261 e. The van der Waals surface area contributed by atoms with Gasteiger partial charge in [-0.25, -0.2) is 8.42 Å². The third kappa shape index (κ3) is 5.31. The zero-order valence-corrected chi connectivity index (χ0v) is 17.1. The van der Waals surface area contributed by atoms with Crippen LogP contribution in [-0.4, -0.2) is 14.3 Å². The number of anilines is 2. The fourth-order valence-electron chi connectivity index (χ4n) is 2.40. The third-order valence-electron chi connectivity index (χ3n) is 3.78. The van der Waals surface area contributed by atoms with Crippen molar-refractivity contribution < 1.29 is 13.2 Å². The van der Waals surface area contributed by atoms with Crippen LogP contribution in [0.15, 0.2) is 94.3 Å². The summed E-state index contributed by atoms with van der Waals surface area (Å²) in [5, 5.41) is 2.70. The lowest BCUT2D eigenvalue weighted by molar-refractivity contribution is -0.111. The van der Waals surface area contributed by atoms with E-state index in [1.807, 2.05) is 24.3 Å². The standard InChI is InChI=1S/C21H17BrN2O3S/c22-20-9-5-4-6-16(20)10-15-21(25)23-17-11-13-19(14-12-17)28(26,27)24-18-7-2-1-3-8-18/h1-15,24H,(H,23,25)/b15-10+. The van der Waals surface area contributed by atoms with Crippen LogP contribution in [0.1, 0.15) is 5.56 Å². The van der Waals surface area contributed by atoms with E-state index in [9.17, 15) is 13.2 Å². The van der Waals surface area contributed by atoms with Gasteiger partial charge in [0.15, 0.2) is 0 Å². The quantitative estimate of drug-likeness (QED) is 0.517.